The Hall–Kier alpha value is -1.79. The van der Waals surface area contributed by atoms with Gasteiger partial charge in [-0.1, -0.05) is 26.7 Å². The first kappa shape index (κ1) is 19.5. The summed E-state index contributed by atoms with van der Waals surface area (Å²) in [6.45, 7) is 10.9. The molecular formula is C22H35N3O3+2. The predicted molar refractivity (Wildman–Crippen MR) is 107 cm³/mol. The summed E-state index contributed by atoms with van der Waals surface area (Å²) in [5, 5.41) is 3.33. The lowest BCUT2D eigenvalue weighted by molar-refractivity contribution is -1.02. The van der Waals surface area contributed by atoms with Crippen molar-refractivity contribution in [3.63, 3.8) is 0 Å². The molecule has 0 radical (unpaired) electrons. The monoisotopic (exact) mass is 389 g/mol. The lowest BCUT2D eigenvalue weighted by atomic mass is 9.78. The first-order chi connectivity index (χ1) is 13.6. The summed E-state index contributed by atoms with van der Waals surface area (Å²) in [5.74, 6) is 3.26. The van der Waals surface area contributed by atoms with Crippen LogP contribution in [0.4, 0.5) is 0 Å². The Morgan fingerprint density at radius 2 is 1.82 bits per heavy atom. The van der Waals surface area contributed by atoms with E-state index in [1.54, 1.807) is 4.90 Å². The average Bonchev–Trinajstić information content (AvgIpc) is 3.15. The van der Waals surface area contributed by atoms with Gasteiger partial charge in [0.05, 0.1) is 0 Å². The number of quaternary nitrogens is 2. The molecular weight excluding hydrogens is 354 g/mol. The maximum Gasteiger partial charge on any atom is 0.275 e. The van der Waals surface area contributed by atoms with Gasteiger partial charge in [0.1, 0.15) is 32.7 Å². The summed E-state index contributed by atoms with van der Waals surface area (Å²) in [6.07, 6.45) is 3.68. The predicted octanol–water partition coefficient (Wildman–Crippen LogP) is -0.360. The number of piperazine rings is 1. The summed E-state index contributed by atoms with van der Waals surface area (Å²) in [6, 6.07) is 6.62. The van der Waals surface area contributed by atoms with Gasteiger partial charge in [0, 0.05) is 11.6 Å². The van der Waals surface area contributed by atoms with Crippen molar-refractivity contribution in [2.24, 2.45) is 11.8 Å². The van der Waals surface area contributed by atoms with Gasteiger partial charge in [-0.2, -0.15) is 0 Å². The van der Waals surface area contributed by atoms with Crippen molar-refractivity contribution >= 4 is 5.91 Å². The van der Waals surface area contributed by atoms with Crippen molar-refractivity contribution in [2.45, 2.75) is 45.7 Å². The lowest BCUT2D eigenvalue weighted by Crippen LogP contribution is -3.28. The molecule has 28 heavy (non-hydrogen) atoms. The Labute approximate surface area is 168 Å². The third-order valence-electron chi connectivity index (χ3n) is 7.02. The van der Waals surface area contributed by atoms with Gasteiger partial charge < -0.3 is 24.6 Å². The molecule has 0 spiro atoms. The fraction of sp³-hybridized carbons (Fsp3) is 0.682. The minimum absolute atomic E-state index is 0.236. The van der Waals surface area contributed by atoms with Crippen LogP contribution in [0.5, 0.6) is 11.5 Å². The first-order valence-electron chi connectivity index (χ1n) is 10.9. The number of ether oxygens (including phenoxy) is 2. The number of fused-ring (bicyclic) bond motifs is 1. The lowest BCUT2D eigenvalue weighted by Gasteiger charge is -2.35. The molecule has 1 aromatic rings. The van der Waals surface area contributed by atoms with Gasteiger partial charge in [-0.3, -0.25) is 4.79 Å². The maximum absolute atomic E-state index is 12.5. The SMILES string of the molecule is C[C@H]1[C@@H](NC(=O)C[NH+]2CC[NH+](Cc3ccc4c(c3)OCO4)CC2)CCC[C@@H]1C. The van der Waals surface area contributed by atoms with Crippen LogP contribution in [0, 0.1) is 11.8 Å². The Kier molecular flexibility index (Phi) is 6.07. The van der Waals surface area contributed by atoms with Gasteiger partial charge in [0.2, 0.25) is 6.79 Å². The summed E-state index contributed by atoms with van der Waals surface area (Å²) in [4.78, 5) is 15.5. The average molecular weight is 390 g/mol. The van der Waals surface area contributed by atoms with Crippen LogP contribution in [0.25, 0.3) is 0 Å². The Morgan fingerprint density at radius 1 is 1.07 bits per heavy atom. The number of benzene rings is 1. The van der Waals surface area contributed by atoms with Crippen LogP contribution in [0.3, 0.4) is 0 Å². The molecule has 3 aliphatic rings. The molecule has 0 aromatic heterocycles. The highest BCUT2D eigenvalue weighted by molar-refractivity contribution is 5.77. The number of hydrogen-bond acceptors (Lipinski definition) is 3. The van der Waals surface area contributed by atoms with Crippen molar-refractivity contribution in [1.29, 1.82) is 0 Å². The van der Waals surface area contributed by atoms with Crippen molar-refractivity contribution in [1.82, 2.24) is 5.32 Å². The summed E-state index contributed by atoms with van der Waals surface area (Å²) in [7, 11) is 0. The molecule has 1 aromatic carbocycles. The Bertz CT molecular complexity index is 688. The fourth-order valence-corrected chi connectivity index (χ4v) is 4.92. The molecule has 1 saturated carbocycles. The van der Waals surface area contributed by atoms with Gasteiger partial charge in [0.25, 0.3) is 5.91 Å². The van der Waals surface area contributed by atoms with Gasteiger partial charge in [0.15, 0.2) is 18.0 Å². The Morgan fingerprint density at radius 3 is 2.64 bits per heavy atom. The molecule has 6 nitrogen and oxygen atoms in total. The van der Waals surface area contributed by atoms with Crippen molar-refractivity contribution in [3.05, 3.63) is 23.8 Å². The minimum Gasteiger partial charge on any atom is -0.454 e. The smallest absolute Gasteiger partial charge is 0.275 e. The van der Waals surface area contributed by atoms with Crippen LogP contribution in [-0.2, 0) is 11.3 Å². The summed E-state index contributed by atoms with van der Waals surface area (Å²) in [5.41, 5.74) is 1.29. The highest BCUT2D eigenvalue weighted by atomic mass is 16.7. The van der Waals surface area contributed by atoms with E-state index in [1.165, 1.54) is 23.3 Å². The third kappa shape index (κ3) is 4.61. The highest BCUT2D eigenvalue weighted by Crippen LogP contribution is 2.32. The number of carbonyl (C=O) groups is 1. The number of carbonyl (C=O) groups excluding carboxylic acids is 1. The molecule has 154 valence electrons. The highest BCUT2D eigenvalue weighted by Gasteiger charge is 2.30. The summed E-state index contributed by atoms with van der Waals surface area (Å²) >= 11 is 0. The van der Waals surface area contributed by atoms with Crippen LogP contribution in [0.2, 0.25) is 0 Å². The fourth-order valence-electron chi connectivity index (χ4n) is 4.92. The van der Waals surface area contributed by atoms with E-state index >= 15 is 0 Å². The molecule has 3 N–H and O–H groups in total. The van der Waals surface area contributed by atoms with E-state index in [1.807, 2.05) is 6.07 Å². The molecule has 1 amide bonds. The molecule has 2 fully saturated rings. The summed E-state index contributed by atoms with van der Waals surface area (Å²) < 4.78 is 10.9. The standard InChI is InChI=1S/C22H33N3O3/c1-16-4-3-5-19(17(16)2)23-22(26)14-25-10-8-24(9-11-25)13-18-6-7-20-21(12-18)28-15-27-20/h6-7,12,16-17,19H,3-5,8-11,13-15H2,1-2H3,(H,23,26)/p+2/t16-,17+,19-/m0/s1. The van der Waals surface area contributed by atoms with Crippen LogP contribution in [-0.4, -0.2) is 51.5 Å². The normalized spacial score (nSPS) is 32.1. The molecule has 0 unspecified atom stereocenters. The second kappa shape index (κ2) is 8.70. The van der Waals surface area contributed by atoms with Crippen molar-refractivity contribution in [2.75, 3.05) is 39.5 Å². The quantitative estimate of drug-likeness (QED) is 0.645. The zero-order chi connectivity index (χ0) is 19.5. The van der Waals surface area contributed by atoms with Crippen LogP contribution in [0.15, 0.2) is 18.2 Å². The van der Waals surface area contributed by atoms with E-state index in [-0.39, 0.29) is 5.91 Å². The number of hydrogen-bond donors (Lipinski definition) is 3. The van der Waals surface area contributed by atoms with Crippen molar-refractivity contribution in [3.8, 4) is 11.5 Å². The molecule has 2 heterocycles. The topological polar surface area (TPSA) is 56.4 Å². The van der Waals surface area contributed by atoms with Gasteiger partial charge >= 0.3 is 0 Å². The van der Waals surface area contributed by atoms with E-state index in [0.717, 1.165) is 56.6 Å². The van der Waals surface area contributed by atoms with Crippen LogP contribution < -0.4 is 24.6 Å². The van der Waals surface area contributed by atoms with Crippen LogP contribution >= 0.6 is 0 Å². The van der Waals surface area contributed by atoms with E-state index in [2.05, 4.69) is 31.3 Å². The third-order valence-corrected chi connectivity index (χ3v) is 7.02. The number of rotatable bonds is 5. The van der Waals surface area contributed by atoms with Gasteiger partial charge in [-0.25, -0.2) is 0 Å². The molecule has 1 aliphatic carbocycles. The second-order valence-electron chi connectivity index (χ2n) is 8.98. The number of nitrogens with one attached hydrogen (secondary N) is 3. The number of amides is 1. The van der Waals surface area contributed by atoms with Gasteiger partial charge in [-0.15, -0.1) is 0 Å². The largest absolute Gasteiger partial charge is 0.454 e. The first-order valence-corrected chi connectivity index (χ1v) is 10.9. The molecule has 4 rings (SSSR count). The molecule has 2 aliphatic heterocycles. The van der Waals surface area contributed by atoms with Crippen molar-refractivity contribution < 1.29 is 24.1 Å². The maximum atomic E-state index is 12.5. The second-order valence-corrected chi connectivity index (χ2v) is 8.98. The van der Waals surface area contributed by atoms with E-state index in [9.17, 15) is 4.79 Å². The zero-order valence-corrected chi connectivity index (χ0v) is 17.3. The molecule has 6 heteroatoms. The molecule has 0 bridgehead atoms. The van der Waals surface area contributed by atoms with E-state index in [0.29, 0.717) is 25.3 Å². The molecule has 1 saturated heterocycles. The van der Waals surface area contributed by atoms with E-state index in [4.69, 9.17) is 9.47 Å². The Balaban J connectivity index is 1.20. The van der Waals surface area contributed by atoms with Crippen LogP contribution in [0.1, 0.15) is 38.7 Å². The minimum atomic E-state index is 0.236. The zero-order valence-electron chi connectivity index (χ0n) is 17.3. The van der Waals surface area contributed by atoms with E-state index < -0.39 is 0 Å². The molecule has 3 atom stereocenters. The van der Waals surface area contributed by atoms with Gasteiger partial charge in [-0.05, 0) is 36.5 Å².